The number of hydrogen-bond donors (Lipinski definition) is 0. The molecular formula is C25H21N3O4S. The molecule has 33 heavy (non-hydrogen) atoms. The van der Waals surface area contributed by atoms with E-state index in [0.29, 0.717) is 12.1 Å². The molecule has 0 N–H and O–H groups in total. The molecule has 2 amide bonds. The second kappa shape index (κ2) is 9.35. The van der Waals surface area contributed by atoms with Gasteiger partial charge in [0.15, 0.2) is 0 Å². The van der Waals surface area contributed by atoms with Gasteiger partial charge >= 0.3 is 5.97 Å². The minimum atomic E-state index is -0.620. The summed E-state index contributed by atoms with van der Waals surface area (Å²) in [6, 6.07) is 17.5. The first-order valence-electron chi connectivity index (χ1n) is 10.4. The van der Waals surface area contributed by atoms with Crippen LogP contribution < -0.4 is 0 Å². The topological polar surface area (TPSA) is 92.4 Å². The molecule has 2 heterocycles. The summed E-state index contributed by atoms with van der Waals surface area (Å²) in [4.78, 5) is 38.2. The minimum absolute atomic E-state index is 0.179. The van der Waals surface area contributed by atoms with E-state index >= 15 is 0 Å². The first-order valence-corrected chi connectivity index (χ1v) is 11.2. The predicted octanol–water partition coefficient (Wildman–Crippen LogP) is 4.47. The van der Waals surface area contributed by atoms with Crippen LogP contribution in [0.3, 0.4) is 0 Å². The molecule has 3 aromatic rings. The molecule has 0 bridgehead atoms. The fraction of sp³-hybridized carbons (Fsp3) is 0.200. The Morgan fingerprint density at radius 3 is 2.64 bits per heavy atom. The van der Waals surface area contributed by atoms with Crippen LogP contribution in [0.4, 0.5) is 4.79 Å². The molecule has 0 saturated carbocycles. The molecule has 0 spiro atoms. The zero-order chi connectivity index (χ0) is 23.5. The molecule has 2 aromatic carbocycles. The van der Waals surface area contributed by atoms with Gasteiger partial charge in [-0.2, -0.15) is 5.26 Å². The Hall–Kier alpha value is -3.83. The number of rotatable bonds is 6. The minimum Gasteiger partial charge on any atom is -0.465 e. The van der Waals surface area contributed by atoms with E-state index in [4.69, 9.17) is 4.74 Å². The second-order valence-corrected chi connectivity index (χ2v) is 8.44. The van der Waals surface area contributed by atoms with Crippen molar-refractivity contribution in [2.75, 3.05) is 13.2 Å². The summed E-state index contributed by atoms with van der Waals surface area (Å²) in [6.07, 6.45) is 1.71. The molecule has 166 valence electrons. The SMILES string of the molecule is CCOC(=O)CN1C(=O)S/C(=C/c2c(C)n(Cc3ccccc3C#N)c3ccccc23)C1=O. The van der Waals surface area contributed by atoms with Crippen LogP contribution in [-0.4, -0.2) is 39.7 Å². The van der Waals surface area contributed by atoms with Crippen LogP contribution >= 0.6 is 11.8 Å². The second-order valence-electron chi connectivity index (χ2n) is 7.44. The number of nitriles is 1. The summed E-state index contributed by atoms with van der Waals surface area (Å²) in [7, 11) is 0. The van der Waals surface area contributed by atoms with Crippen molar-refractivity contribution in [2.45, 2.75) is 20.4 Å². The van der Waals surface area contributed by atoms with Crippen molar-refractivity contribution < 1.29 is 19.1 Å². The summed E-state index contributed by atoms with van der Waals surface area (Å²) < 4.78 is 6.97. The van der Waals surface area contributed by atoms with Crippen LogP contribution in [0.5, 0.6) is 0 Å². The molecule has 1 aromatic heterocycles. The molecule has 1 aliphatic rings. The number of imide groups is 1. The third-order valence-electron chi connectivity index (χ3n) is 5.49. The number of ether oxygens (including phenoxy) is 1. The van der Waals surface area contributed by atoms with Gasteiger partial charge in [-0.3, -0.25) is 19.3 Å². The van der Waals surface area contributed by atoms with E-state index in [2.05, 4.69) is 10.6 Å². The lowest BCUT2D eigenvalue weighted by Gasteiger charge is -2.11. The summed E-state index contributed by atoms with van der Waals surface area (Å²) in [5.74, 6) is -1.13. The number of para-hydroxylation sites is 1. The van der Waals surface area contributed by atoms with Gasteiger partial charge in [0.1, 0.15) is 6.54 Å². The maximum atomic E-state index is 12.9. The Kier molecular flexibility index (Phi) is 6.33. The Balaban J connectivity index is 1.74. The van der Waals surface area contributed by atoms with Crippen LogP contribution in [0.2, 0.25) is 0 Å². The van der Waals surface area contributed by atoms with Crippen molar-refractivity contribution >= 4 is 45.9 Å². The van der Waals surface area contributed by atoms with E-state index in [1.807, 2.05) is 49.4 Å². The van der Waals surface area contributed by atoms with Gasteiger partial charge in [-0.1, -0.05) is 36.4 Å². The van der Waals surface area contributed by atoms with Crippen LogP contribution in [0.1, 0.15) is 29.3 Å². The molecule has 0 aliphatic carbocycles. The smallest absolute Gasteiger partial charge is 0.326 e. The van der Waals surface area contributed by atoms with Gasteiger partial charge < -0.3 is 9.30 Å². The first kappa shape index (κ1) is 22.4. The van der Waals surface area contributed by atoms with Gasteiger partial charge in [0, 0.05) is 28.7 Å². The molecule has 1 saturated heterocycles. The van der Waals surface area contributed by atoms with Crippen molar-refractivity contribution in [3.05, 3.63) is 75.8 Å². The molecule has 1 fully saturated rings. The first-order chi connectivity index (χ1) is 15.9. The van der Waals surface area contributed by atoms with Crippen LogP contribution in [0.15, 0.2) is 53.4 Å². The third kappa shape index (κ3) is 4.28. The number of thioether (sulfide) groups is 1. The number of nitrogens with zero attached hydrogens (tertiary/aromatic N) is 3. The fourth-order valence-corrected chi connectivity index (χ4v) is 4.70. The molecular weight excluding hydrogens is 438 g/mol. The van der Waals surface area contributed by atoms with Crippen molar-refractivity contribution in [1.82, 2.24) is 9.47 Å². The maximum absolute atomic E-state index is 12.9. The van der Waals surface area contributed by atoms with Gasteiger partial charge in [0.25, 0.3) is 11.1 Å². The highest BCUT2D eigenvalue weighted by Crippen LogP contribution is 2.36. The molecule has 8 heteroatoms. The predicted molar refractivity (Wildman–Crippen MR) is 126 cm³/mol. The zero-order valence-electron chi connectivity index (χ0n) is 18.2. The molecule has 0 unspecified atom stereocenters. The normalized spacial score (nSPS) is 14.8. The Labute approximate surface area is 195 Å². The van der Waals surface area contributed by atoms with Gasteiger partial charge in [0.2, 0.25) is 0 Å². The van der Waals surface area contributed by atoms with Crippen molar-refractivity contribution in [3.63, 3.8) is 0 Å². The van der Waals surface area contributed by atoms with Crippen LogP contribution in [-0.2, 0) is 20.9 Å². The number of fused-ring (bicyclic) bond motifs is 1. The number of aromatic nitrogens is 1. The molecule has 4 rings (SSSR count). The highest BCUT2D eigenvalue weighted by molar-refractivity contribution is 8.18. The number of benzene rings is 2. The largest absolute Gasteiger partial charge is 0.465 e. The van der Waals surface area contributed by atoms with Crippen LogP contribution in [0, 0.1) is 18.3 Å². The monoisotopic (exact) mass is 459 g/mol. The number of esters is 1. The maximum Gasteiger partial charge on any atom is 0.326 e. The lowest BCUT2D eigenvalue weighted by atomic mass is 10.1. The van der Waals surface area contributed by atoms with E-state index in [1.54, 1.807) is 19.1 Å². The summed E-state index contributed by atoms with van der Waals surface area (Å²) in [5, 5.41) is 9.91. The molecule has 0 atom stereocenters. The summed E-state index contributed by atoms with van der Waals surface area (Å²) >= 11 is 0.812. The highest BCUT2D eigenvalue weighted by atomic mass is 32.2. The van der Waals surface area contributed by atoms with E-state index < -0.39 is 23.7 Å². The third-order valence-corrected chi connectivity index (χ3v) is 6.39. The molecule has 1 aliphatic heterocycles. The van der Waals surface area contributed by atoms with Gasteiger partial charge in [0.05, 0.1) is 23.1 Å². The summed E-state index contributed by atoms with van der Waals surface area (Å²) in [5.41, 5.74) is 4.18. The van der Waals surface area contributed by atoms with Crippen LogP contribution in [0.25, 0.3) is 17.0 Å². The van der Waals surface area contributed by atoms with Gasteiger partial charge in [-0.25, -0.2) is 0 Å². The summed E-state index contributed by atoms with van der Waals surface area (Å²) in [6.45, 7) is 3.89. The zero-order valence-corrected chi connectivity index (χ0v) is 19.0. The van der Waals surface area contributed by atoms with Gasteiger partial charge in [-0.15, -0.1) is 0 Å². The van der Waals surface area contributed by atoms with E-state index in [-0.39, 0.29) is 11.5 Å². The Morgan fingerprint density at radius 2 is 1.88 bits per heavy atom. The van der Waals surface area contributed by atoms with E-state index in [1.165, 1.54) is 0 Å². The lowest BCUT2D eigenvalue weighted by molar-refractivity contribution is -0.145. The highest BCUT2D eigenvalue weighted by Gasteiger charge is 2.37. The average Bonchev–Trinajstić information content (AvgIpc) is 3.23. The standard InChI is InChI=1S/C25H21N3O4S/c1-3-32-23(29)15-28-24(30)22(33-25(28)31)12-20-16(2)27(21-11-7-6-10-19(20)21)14-18-9-5-4-8-17(18)13-26/h4-12H,3,14-15H2,1-2H3/b22-12+. The quantitative estimate of drug-likeness (QED) is 0.399. The number of amides is 2. The van der Waals surface area contributed by atoms with Crippen molar-refractivity contribution in [3.8, 4) is 6.07 Å². The Bertz CT molecular complexity index is 1350. The average molecular weight is 460 g/mol. The lowest BCUT2D eigenvalue weighted by Crippen LogP contribution is -2.34. The van der Waals surface area contributed by atoms with Crippen molar-refractivity contribution in [1.29, 1.82) is 5.26 Å². The van der Waals surface area contributed by atoms with Crippen molar-refractivity contribution in [2.24, 2.45) is 0 Å². The number of carbonyl (C=O) groups is 3. The Morgan fingerprint density at radius 1 is 1.15 bits per heavy atom. The van der Waals surface area contributed by atoms with E-state index in [0.717, 1.165) is 44.4 Å². The van der Waals surface area contributed by atoms with E-state index in [9.17, 15) is 19.6 Å². The number of hydrogen-bond acceptors (Lipinski definition) is 6. The number of carbonyl (C=O) groups excluding carboxylic acids is 3. The molecule has 0 radical (unpaired) electrons. The van der Waals surface area contributed by atoms with Gasteiger partial charge in [-0.05, 0) is 49.4 Å². The molecule has 7 nitrogen and oxygen atoms in total. The fourth-order valence-electron chi connectivity index (χ4n) is 3.88.